The Kier molecular flexibility index (Phi) is 6.36. The van der Waals surface area contributed by atoms with Crippen molar-refractivity contribution in [2.75, 3.05) is 5.32 Å². The highest BCUT2D eigenvalue weighted by Gasteiger charge is 2.13. The van der Waals surface area contributed by atoms with Crippen LogP contribution < -0.4 is 16.2 Å². The number of pyridine rings is 1. The summed E-state index contributed by atoms with van der Waals surface area (Å²) in [6.07, 6.45) is 2.40. The van der Waals surface area contributed by atoms with Gasteiger partial charge in [-0.05, 0) is 61.4 Å². The number of aromatic nitrogens is 1. The SMILES string of the molecule is CCc1sc(C(=O)NNC(=O)c2ccc(NC(=O)c3ccccn3)cc2)cc1C. The molecule has 2 heterocycles. The molecule has 3 N–H and O–H groups in total. The molecule has 0 unspecified atom stereocenters. The van der Waals surface area contributed by atoms with Gasteiger partial charge >= 0.3 is 0 Å². The van der Waals surface area contributed by atoms with Crippen molar-refractivity contribution < 1.29 is 14.4 Å². The maximum Gasteiger partial charge on any atom is 0.279 e. The minimum atomic E-state index is -0.454. The summed E-state index contributed by atoms with van der Waals surface area (Å²) in [7, 11) is 0. The molecule has 2 aromatic heterocycles. The van der Waals surface area contributed by atoms with Crippen molar-refractivity contribution in [3.63, 3.8) is 0 Å². The van der Waals surface area contributed by atoms with Crippen LogP contribution >= 0.6 is 11.3 Å². The average molecular weight is 408 g/mol. The molecule has 0 saturated carbocycles. The third kappa shape index (κ3) is 5.05. The molecule has 0 spiro atoms. The summed E-state index contributed by atoms with van der Waals surface area (Å²) in [6, 6.07) is 13.2. The van der Waals surface area contributed by atoms with E-state index in [1.54, 1.807) is 42.5 Å². The Morgan fingerprint density at radius 2 is 1.69 bits per heavy atom. The molecule has 0 fully saturated rings. The summed E-state index contributed by atoms with van der Waals surface area (Å²) < 4.78 is 0. The minimum Gasteiger partial charge on any atom is -0.321 e. The van der Waals surface area contributed by atoms with E-state index in [-0.39, 0.29) is 11.8 Å². The molecule has 1 aromatic carbocycles. The fourth-order valence-electron chi connectivity index (χ4n) is 2.63. The van der Waals surface area contributed by atoms with E-state index in [4.69, 9.17) is 0 Å². The largest absolute Gasteiger partial charge is 0.321 e. The fraction of sp³-hybridized carbons (Fsp3) is 0.143. The predicted octanol–water partition coefficient (Wildman–Crippen LogP) is 3.34. The van der Waals surface area contributed by atoms with Gasteiger partial charge in [0, 0.05) is 22.3 Å². The number of thiophene rings is 1. The highest BCUT2D eigenvalue weighted by molar-refractivity contribution is 7.14. The molecule has 3 aromatic rings. The van der Waals surface area contributed by atoms with Crippen molar-refractivity contribution in [3.05, 3.63) is 81.3 Å². The molecule has 0 aliphatic heterocycles. The maximum absolute atomic E-state index is 12.2. The Balaban J connectivity index is 1.56. The number of benzene rings is 1. The van der Waals surface area contributed by atoms with Gasteiger partial charge in [0.15, 0.2) is 0 Å². The van der Waals surface area contributed by atoms with E-state index in [0.717, 1.165) is 16.9 Å². The number of hydrazine groups is 1. The number of nitrogens with one attached hydrogen (secondary N) is 3. The summed E-state index contributed by atoms with van der Waals surface area (Å²) in [6.45, 7) is 3.99. The minimum absolute atomic E-state index is 0.298. The van der Waals surface area contributed by atoms with Crippen LogP contribution in [0.5, 0.6) is 0 Å². The van der Waals surface area contributed by atoms with E-state index in [2.05, 4.69) is 21.2 Å². The zero-order chi connectivity index (χ0) is 20.8. The second kappa shape index (κ2) is 9.11. The van der Waals surface area contributed by atoms with Crippen LogP contribution in [0.2, 0.25) is 0 Å². The number of rotatable bonds is 5. The van der Waals surface area contributed by atoms with Crippen molar-refractivity contribution in [1.29, 1.82) is 0 Å². The van der Waals surface area contributed by atoms with Crippen LogP contribution in [-0.4, -0.2) is 22.7 Å². The van der Waals surface area contributed by atoms with Crippen molar-refractivity contribution in [2.45, 2.75) is 20.3 Å². The van der Waals surface area contributed by atoms with Gasteiger partial charge in [0.05, 0.1) is 4.88 Å². The summed E-state index contributed by atoms with van der Waals surface area (Å²) in [5, 5.41) is 2.71. The molecule has 0 saturated heterocycles. The lowest BCUT2D eigenvalue weighted by molar-refractivity contribution is 0.0849. The summed E-state index contributed by atoms with van der Waals surface area (Å²) in [5.74, 6) is -1.15. The van der Waals surface area contributed by atoms with Crippen molar-refractivity contribution in [3.8, 4) is 0 Å². The molecule has 148 valence electrons. The van der Waals surface area contributed by atoms with E-state index in [1.807, 2.05) is 19.9 Å². The Morgan fingerprint density at radius 1 is 0.966 bits per heavy atom. The topological polar surface area (TPSA) is 100 Å². The first kappa shape index (κ1) is 20.2. The second-order valence-corrected chi connectivity index (χ2v) is 7.36. The number of carbonyl (C=O) groups excluding carboxylic acids is 3. The van der Waals surface area contributed by atoms with Crippen LogP contribution in [0, 0.1) is 6.92 Å². The molecular formula is C21H20N4O3S. The molecule has 3 amide bonds. The number of amides is 3. The number of anilines is 1. The standard InChI is InChI=1S/C21H20N4O3S/c1-3-17-13(2)12-18(29-17)21(28)25-24-19(26)14-7-9-15(10-8-14)23-20(27)16-6-4-5-11-22-16/h4-12H,3H2,1-2H3,(H,23,27)(H,24,26)(H,25,28). The normalized spacial score (nSPS) is 10.3. The highest BCUT2D eigenvalue weighted by Crippen LogP contribution is 2.22. The van der Waals surface area contributed by atoms with E-state index >= 15 is 0 Å². The monoisotopic (exact) mass is 408 g/mol. The predicted molar refractivity (Wildman–Crippen MR) is 112 cm³/mol. The lowest BCUT2D eigenvalue weighted by Gasteiger charge is -2.08. The lowest BCUT2D eigenvalue weighted by atomic mass is 10.2. The summed E-state index contributed by atoms with van der Waals surface area (Å²) in [4.78, 5) is 42.2. The summed E-state index contributed by atoms with van der Waals surface area (Å²) in [5.41, 5.74) is 7.07. The number of hydrogen-bond acceptors (Lipinski definition) is 5. The molecule has 29 heavy (non-hydrogen) atoms. The highest BCUT2D eigenvalue weighted by atomic mass is 32.1. The van der Waals surface area contributed by atoms with Crippen molar-refractivity contribution in [1.82, 2.24) is 15.8 Å². The molecule has 0 radical (unpaired) electrons. The Labute approximate surface area is 172 Å². The van der Waals surface area contributed by atoms with Gasteiger partial charge in [-0.15, -0.1) is 11.3 Å². The van der Waals surface area contributed by atoms with E-state index in [1.165, 1.54) is 17.5 Å². The van der Waals surface area contributed by atoms with Crippen LogP contribution in [0.1, 0.15) is 47.9 Å². The van der Waals surface area contributed by atoms with Crippen LogP contribution in [0.3, 0.4) is 0 Å². The van der Waals surface area contributed by atoms with Gasteiger partial charge in [-0.25, -0.2) is 0 Å². The van der Waals surface area contributed by atoms with E-state index in [9.17, 15) is 14.4 Å². The van der Waals surface area contributed by atoms with Gasteiger partial charge in [0.1, 0.15) is 5.69 Å². The number of carbonyl (C=O) groups is 3. The first-order valence-corrected chi connectivity index (χ1v) is 9.82. The maximum atomic E-state index is 12.2. The quantitative estimate of drug-likeness (QED) is 0.564. The van der Waals surface area contributed by atoms with Crippen LogP contribution in [0.25, 0.3) is 0 Å². The fourth-order valence-corrected chi connectivity index (χ4v) is 3.64. The first-order valence-electron chi connectivity index (χ1n) is 9.00. The Bertz CT molecular complexity index is 1030. The van der Waals surface area contributed by atoms with Gasteiger partial charge in [-0.2, -0.15) is 0 Å². The Morgan fingerprint density at radius 3 is 2.31 bits per heavy atom. The van der Waals surface area contributed by atoms with Crippen LogP contribution in [0.4, 0.5) is 5.69 Å². The molecule has 8 heteroatoms. The Hall–Kier alpha value is -3.52. The van der Waals surface area contributed by atoms with E-state index < -0.39 is 5.91 Å². The molecule has 0 atom stereocenters. The second-order valence-electron chi connectivity index (χ2n) is 6.23. The number of hydrogen-bond donors (Lipinski definition) is 3. The van der Waals surface area contributed by atoms with E-state index in [0.29, 0.717) is 21.8 Å². The van der Waals surface area contributed by atoms with Crippen LogP contribution in [-0.2, 0) is 6.42 Å². The van der Waals surface area contributed by atoms with Gasteiger partial charge in [0.2, 0.25) is 0 Å². The smallest absolute Gasteiger partial charge is 0.279 e. The van der Waals surface area contributed by atoms with Gasteiger partial charge in [-0.3, -0.25) is 30.2 Å². The summed E-state index contributed by atoms with van der Waals surface area (Å²) >= 11 is 1.41. The number of aryl methyl sites for hydroxylation is 2. The molecule has 7 nitrogen and oxygen atoms in total. The first-order chi connectivity index (χ1) is 14.0. The average Bonchev–Trinajstić information content (AvgIpc) is 3.13. The number of nitrogens with zero attached hydrogens (tertiary/aromatic N) is 1. The van der Waals surface area contributed by atoms with Gasteiger partial charge in [-0.1, -0.05) is 13.0 Å². The molecule has 0 aliphatic rings. The van der Waals surface area contributed by atoms with Crippen LogP contribution in [0.15, 0.2) is 54.7 Å². The zero-order valence-electron chi connectivity index (χ0n) is 16.0. The zero-order valence-corrected chi connectivity index (χ0v) is 16.8. The molecule has 3 rings (SSSR count). The van der Waals surface area contributed by atoms with Gasteiger partial charge in [0.25, 0.3) is 17.7 Å². The lowest BCUT2D eigenvalue weighted by Crippen LogP contribution is -2.41. The third-order valence-corrected chi connectivity index (χ3v) is 5.54. The van der Waals surface area contributed by atoms with Gasteiger partial charge < -0.3 is 5.32 Å². The molecule has 0 bridgehead atoms. The third-order valence-electron chi connectivity index (χ3n) is 4.16. The van der Waals surface area contributed by atoms with Crippen molar-refractivity contribution in [2.24, 2.45) is 0 Å². The van der Waals surface area contributed by atoms with Crippen molar-refractivity contribution >= 4 is 34.7 Å². The molecule has 0 aliphatic carbocycles. The molecular weight excluding hydrogens is 388 g/mol.